The minimum atomic E-state index is 0.513. The van der Waals surface area contributed by atoms with Gasteiger partial charge in [-0.3, -0.25) is 0 Å². The van der Waals surface area contributed by atoms with Crippen molar-refractivity contribution in [3.8, 4) is 0 Å². The Kier molecular flexibility index (Phi) is 8.09. The largest absolute Gasteiger partial charge is 0.301 e. The van der Waals surface area contributed by atoms with Crippen LogP contribution in [0.5, 0.6) is 0 Å². The van der Waals surface area contributed by atoms with Crippen molar-refractivity contribution < 1.29 is 0 Å². The molecule has 0 aliphatic carbocycles. The van der Waals surface area contributed by atoms with E-state index in [9.17, 15) is 0 Å². The molecule has 0 aromatic carbocycles. The average Bonchev–Trinajstić information content (AvgIpc) is 2.22. The Morgan fingerprint density at radius 1 is 1.12 bits per heavy atom. The molecule has 1 saturated heterocycles. The molecule has 0 aromatic rings. The lowest BCUT2D eigenvalue weighted by Gasteiger charge is -2.34. The Morgan fingerprint density at radius 3 is 2.25 bits per heavy atom. The molecule has 0 N–H and O–H groups in total. The zero-order valence-electron chi connectivity index (χ0n) is 12.5. The van der Waals surface area contributed by atoms with Crippen LogP contribution in [0.25, 0.3) is 0 Å². The lowest BCUT2D eigenvalue weighted by atomic mass is 9.90. The van der Waals surface area contributed by atoms with Crippen molar-refractivity contribution in [1.29, 1.82) is 0 Å². The van der Waals surface area contributed by atoms with Gasteiger partial charge in [-0.25, -0.2) is 0 Å². The summed E-state index contributed by atoms with van der Waals surface area (Å²) in [5, 5.41) is 0. The van der Waals surface area contributed by atoms with E-state index >= 15 is 0 Å². The maximum atomic E-state index is 2.68. The predicted molar refractivity (Wildman–Crippen MR) is 74.9 cm³/mol. The second-order valence-electron chi connectivity index (χ2n) is 6.04. The molecule has 0 amide bonds. The van der Waals surface area contributed by atoms with Crippen LogP contribution >= 0.6 is 0 Å². The van der Waals surface area contributed by atoms with Gasteiger partial charge in [0.25, 0.3) is 0 Å². The summed E-state index contributed by atoms with van der Waals surface area (Å²) in [5.41, 5.74) is 0.513. The molecule has 0 radical (unpaired) electrons. The van der Waals surface area contributed by atoms with Gasteiger partial charge >= 0.3 is 0 Å². The van der Waals surface area contributed by atoms with E-state index in [4.69, 9.17) is 0 Å². The highest BCUT2D eigenvalue weighted by molar-refractivity contribution is 4.73. The normalized spacial score (nSPS) is 22.5. The van der Waals surface area contributed by atoms with Crippen LogP contribution in [0.1, 0.15) is 73.6 Å². The van der Waals surface area contributed by atoms with Crippen LogP contribution in [-0.2, 0) is 0 Å². The first-order valence-corrected chi connectivity index (χ1v) is 7.23. The highest BCUT2D eigenvalue weighted by Crippen LogP contribution is 2.22. The summed E-state index contributed by atoms with van der Waals surface area (Å²) in [6.45, 7) is 16.1. The quantitative estimate of drug-likeness (QED) is 0.674. The van der Waals surface area contributed by atoms with Gasteiger partial charge in [0.1, 0.15) is 0 Å². The topological polar surface area (TPSA) is 3.24 Å². The lowest BCUT2D eigenvalue weighted by molar-refractivity contribution is 0.152. The summed E-state index contributed by atoms with van der Waals surface area (Å²) >= 11 is 0. The zero-order chi connectivity index (χ0) is 12.6. The van der Waals surface area contributed by atoms with Crippen molar-refractivity contribution in [2.75, 3.05) is 13.1 Å². The van der Waals surface area contributed by atoms with E-state index in [0.717, 1.165) is 6.04 Å². The second-order valence-corrected chi connectivity index (χ2v) is 6.04. The fraction of sp³-hybridized carbons (Fsp3) is 1.00. The summed E-state index contributed by atoms with van der Waals surface area (Å²) < 4.78 is 0. The Morgan fingerprint density at radius 2 is 1.75 bits per heavy atom. The molecule has 0 aromatic heterocycles. The van der Waals surface area contributed by atoms with Crippen molar-refractivity contribution in [3.63, 3.8) is 0 Å². The van der Waals surface area contributed by atoms with Gasteiger partial charge in [-0.05, 0) is 51.1 Å². The molecule has 1 rings (SSSR count). The molecule has 16 heavy (non-hydrogen) atoms. The number of likely N-dealkylation sites (tertiary alicyclic amines) is 1. The first-order chi connectivity index (χ1) is 7.49. The summed E-state index contributed by atoms with van der Waals surface area (Å²) in [4.78, 5) is 2.68. The van der Waals surface area contributed by atoms with Crippen molar-refractivity contribution in [3.05, 3.63) is 0 Å². The minimum Gasteiger partial charge on any atom is -0.301 e. The second kappa shape index (κ2) is 8.11. The molecule has 1 aliphatic rings. The zero-order valence-corrected chi connectivity index (χ0v) is 12.5. The highest BCUT2D eigenvalue weighted by atomic mass is 15.1. The van der Waals surface area contributed by atoms with E-state index in [2.05, 4.69) is 32.6 Å². The molecular formula is C15H33N. The lowest BCUT2D eigenvalue weighted by Crippen LogP contribution is -2.38. The summed E-state index contributed by atoms with van der Waals surface area (Å²) in [5.74, 6) is 0. The van der Waals surface area contributed by atoms with E-state index < -0.39 is 0 Å². The number of piperidine rings is 1. The van der Waals surface area contributed by atoms with E-state index in [1.807, 2.05) is 13.8 Å². The van der Waals surface area contributed by atoms with Gasteiger partial charge in [0.05, 0.1) is 0 Å². The van der Waals surface area contributed by atoms with Gasteiger partial charge in [0.15, 0.2) is 0 Å². The number of hydrogen-bond donors (Lipinski definition) is 0. The van der Waals surface area contributed by atoms with Crippen molar-refractivity contribution in [1.82, 2.24) is 4.90 Å². The SMILES string of the molecule is CC.CC1CCCCN1CCCC(C)(C)C. The van der Waals surface area contributed by atoms with Gasteiger partial charge in [-0.2, -0.15) is 0 Å². The maximum Gasteiger partial charge on any atom is 0.00669 e. The third-order valence-electron chi connectivity index (χ3n) is 3.31. The van der Waals surface area contributed by atoms with Crippen LogP contribution in [-0.4, -0.2) is 24.0 Å². The molecule has 0 saturated carbocycles. The van der Waals surface area contributed by atoms with Crippen molar-refractivity contribution >= 4 is 0 Å². The molecule has 1 heterocycles. The van der Waals surface area contributed by atoms with Crippen LogP contribution in [0.4, 0.5) is 0 Å². The molecule has 1 fully saturated rings. The van der Waals surface area contributed by atoms with E-state index in [0.29, 0.717) is 5.41 Å². The summed E-state index contributed by atoms with van der Waals surface area (Å²) in [6, 6.07) is 0.837. The first kappa shape index (κ1) is 16.0. The smallest absolute Gasteiger partial charge is 0.00669 e. The van der Waals surface area contributed by atoms with Crippen LogP contribution in [0.2, 0.25) is 0 Å². The molecule has 1 unspecified atom stereocenters. The van der Waals surface area contributed by atoms with Gasteiger partial charge in [0.2, 0.25) is 0 Å². The molecule has 1 nitrogen and oxygen atoms in total. The van der Waals surface area contributed by atoms with Crippen LogP contribution in [0.3, 0.4) is 0 Å². The fourth-order valence-corrected chi connectivity index (χ4v) is 2.30. The average molecular weight is 227 g/mol. The monoisotopic (exact) mass is 227 g/mol. The van der Waals surface area contributed by atoms with Crippen molar-refractivity contribution in [2.45, 2.75) is 79.7 Å². The fourth-order valence-electron chi connectivity index (χ4n) is 2.30. The molecule has 1 aliphatic heterocycles. The summed E-state index contributed by atoms with van der Waals surface area (Å²) in [7, 11) is 0. The van der Waals surface area contributed by atoms with Crippen LogP contribution < -0.4 is 0 Å². The van der Waals surface area contributed by atoms with Gasteiger partial charge in [-0.1, -0.05) is 41.0 Å². The van der Waals surface area contributed by atoms with Crippen molar-refractivity contribution in [2.24, 2.45) is 5.41 Å². The van der Waals surface area contributed by atoms with Gasteiger partial charge in [-0.15, -0.1) is 0 Å². The summed E-state index contributed by atoms with van der Waals surface area (Å²) in [6.07, 6.45) is 7.00. The Bertz CT molecular complexity index is 157. The van der Waals surface area contributed by atoms with E-state index in [1.165, 1.54) is 45.2 Å². The highest BCUT2D eigenvalue weighted by Gasteiger charge is 2.18. The Hall–Kier alpha value is -0.0400. The number of hydrogen-bond acceptors (Lipinski definition) is 1. The predicted octanol–water partition coefficient (Wildman–Crippen LogP) is 4.71. The molecular weight excluding hydrogens is 194 g/mol. The number of nitrogens with zero attached hydrogens (tertiary/aromatic N) is 1. The first-order valence-electron chi connectivity index (χ1n) is 7.23. The third-order valence-corrected chi connectivity index (χ3v) is 3.31. The molecule has 98 valence electrons. The van der Waals surface area contributed by atoms with Gasteiger partial charge in [0, 0.05) is 6.04 Å². The standard InChI is InChI=1S/C13H27N.C2H6/c1-12-8-5-6-10-14(12)11-7-9-13(2,3)4;1-2/h12H,5-11H2,1-4H3;1-2H3. The number of rotatable bonds is 3. The molecule has 1 atom stereocenters. The third kappa shape index (κ3) is 7.27. The Balaban J connectivity index is 0.00000106. The molecule has 0 spiro atoms. The van der Waals surface area contributed by atoms with E-state index in [1.54, 1.807) is 0 Å². The van der Waals surface area contributed by atoms with Gasteiger partial charge < -0.3 is 4.90 Å². The van der Waals surface area contributed by atoms with E-state index in [-0.39, 0.29) is 0 Å². The molecule has 1 heteroatoms. The minimum absolute atomic E-state index is 0.513. The van der Waals surface area contributed by atoms with Crippen LogP contribution in [0, 0.1) is 5.41 Å². The maximum absolute atomic E-state index is 2.68. The van der Waals surface area contributed by atoms with Crippen LogP contribution in [0.15, 0.2) is 0 Å². The molecule has 0 bridgehead atoms. The Labute approximate surface area is 104 Å².